The molecule has 0 saturated carbocycles. The molecule has 23 heavy (non-hydrogen) atoms. The molecule has 3 nitrogen and oxygen atoms in total. The van der Waals surface area contributed by atoms with Crippen molar-refractivity contribution in [1.82, 2.24) is 0 Å². The molecule has 0 amide bonds. The number of aryl methyl sites for hydroxylation is 1. The highest BCUT2D eigenvalue weighted by atomic mass is 19.1. The predicted molar refractivity (Wildman–Crippen MR) is 88.1 cm³/mol. The van der Waals surface area contributed by atoms with E-state index < -0.39 is 6.16 Å². The SMILES string of the molecule is CCCCc1ccc(-c2ccc(OC(=O)OCC)cc2)c(F)c1. The first-order chi connectivity index (χ1) is 11.1. The minimum atomic E-state index is -0.744. The molecule has 0 aliphatic rings. The van der Waals surface area contributed by atoms with Gasteiger partial charge in [0.2, 0.25) is 0 Å². The Balaban J connectivity index is 2.11. The van der Waals surface area contributed by atoms with Crippen LogP contribution in [-0.4, -0.2) is 12.8 Å². The first-order valence-corrected chi connectivity index (χ1v) is 7.87. The quantitative estimate of drug-likeness (QED) is 0.531. The summed E-state index contributed by atoms with van der Waals surface area (Å²) in [6.07, 6.45) is 2.29. The summed E-state index contributed by atoms with van der Waals surface area (Å²) in [6.45, 7) is 4.08. The number of ether oxygens (including phenoxy) is 2. The Hall–Kier alpha value is -2.36. The zero-order valence-corrected chi connectivity index (χ0v) is 13.5. The van der Waals surface area contributed by atoms with Crippen molar-refractivity contribution in [2.24, 2.45) is 0 Å². The highest BCUT2D eigenvalue weighted by Gasteiger charge is 2.08. The van der Waals surface area contributed by atoms with Crippen LogP contribution >= 0.6 is 0 Å². The van der Waals surface area contributed by atoms with Crippen molar-refractivity contribution in [2.75, 3.05) is 6.61 Å². The van der Waals surface area contributed by atoms with Crippen molar-refractivity contribution >= 4 is 6.16 Å². The second-order valence-electron chi connectivity index (χ2n) is 5.23. The molecule has 4 heteroatoms. The third-order valence-corrected chi connectivity index (χ3v) is 3.48. The number of carbonyl (C=O) groups is 1. The van der Waals surface area contributed by atoms with Crippen LogP contribution in [0, 0.1) is 5.82 Å². The maximum atomic E-state index is 14.3. The number of unbranched alkanes of at least 4 members (excludes halogenated alkanes) is 1. The lowest BCUT2D eigenvalue weighted by molar-refractivity contribution is 0.104. The normalized spacial score (nSPS) is 10.4. The summed E-state index contributed by atoms with van der Waals surface area (Å²) in [4.78, 5) is 11.2. The molecule has 2 aromatic carbocycles. The maximum Gasteiger partial charge on any atom is 0.513 e. The van der Waals surface area contributed by atoms with Gasteiger partial charge < -0.3 is 9.47 Å². The van der Waals surface area contributed by atoms with Crippen LogP contribution in [0.1, 0.15) is 32.3 Å². The third kappa shape index (κ3) is 4.81. The van der Waals surface area contributed by atoms with Crippen molar-refractivity contribution in [3.63, 3.8) is 0 Å². The van der Waals surface area contributed by atoms with Crippen LogP contribution in [0.2, 0.25) is 0 Å². The van der Waals surface area contributed by atoms with E-state index >= 15 is 0 Å². The zero-order chi connectivity index (χ0) is 16.7. The Kier molecular flexibility index (Phi) is 6.15. The van der Waals surface area contributed by atoms with Gasteiger partial charge in [-0.25, -0.2) is 9.18 Å². The first kappa shape index (κ1) is 17.0. The number of rotatable bonds is 6. The minimum absolute atomic E-state index is 0.238. The van der Waals surface area contributed by atoms with Gasteiger partial charge in [-0.3, -0.25) is 0 Å². The fourth-order valence-corrected chi connectivity index (χ4v) is 2.28. The van der Waals surface area contributed by atoms with Gasteiger partial charge in [0.05, 0.1) is 6.61 Å². The van der Waals surface area contributed by atoms with Crippen LogP contribution in [0.25, 0.3) is 11.1 Å². The van der Waals surface area contributed by atoms with Crippen LogP contribution in [-0.2, 0) is 11.2 Å². The minimum Gasteiger partial charge on any atom is -0.434 e. The average molecular weight is 316 g/mol. The molecule has 0 N–H and O–H groups in total. The Morgan fingerprint density at radius 2 is 1.83 bits per heavy atom. The van der Waals surface area contributed by atoms with Gasteiger partial charge >= 0.3 is 6.16 Å². The topological polar surface area (TPSA) is 35.5 Å². The van der Waals surface area contributed by atoms with Gasteiger partial charge in [0.15, 0.2) is 0 Å². The number of hydrogen-bond acceptors (Lipinski definition) is 3. The van der Waals surface area contributed by atoms with E-state index in [9.17, 15) is 9.18 Å². The van der Waals surface area contributed by atoms with Gasteiger partial charge in [-0.15, -0.1) is 0 Å². The molecule has 0 saturated heterocycles. The van der Waals surface area contributed by atoms with Crippen molar-refractivity contribution in [3.05, 3.63) is 53.8 Å². The summed E-state index contributed by atoms with van der Waals surface area (Å²) in [5.74, 6) is 0.129. The van der Waals surface area contributed by atoms with Gasteiger partial charge in [0.25, 0.3) is 0 Å². The van der Waals surface area contributed by atoms with E-state index in [-0.39, 0.29) is 12.4 Å². The molecule has 0 fully saturated rings. The molecule has 0 heterocycles. The summed E-state index contributed by atoms with van der Waals surface area (Å²) in [6, 6.07) is 12.0. The molecule has 0 unspecified atom stereocenters. The molecular weight excluding hydrogens is 295 g/mol. The van der Waals surface area contributed by atoms with E-state index in [1.54, 1.807) is 43.3 Å². The van der Waals surface area contributed by atoms with Gasteiger partial charge in [-0.05, 0) is 49.1 Å². The number of hydrogen-bond donors (Lipinski definition) is 0. The van der Waals surface area contributed by atoms with Crippen molar-refractivity contribution < 1.29 is 18.7 Å². The largest absolute Gasteiger partial charge is 0.513 e. The molecule has 2 aromatic rings. The molecule has 0 bridgehead atoms. The second kappa shape index (κ2) is 8.32. The van der Waals surface area contributed by atoms with Crippen molar-refractivity contribution in [1.29, 1.82) is 0 Å². The van der Waals surface area contributed by atoms with E-state index in [0.717, 1.165) is 30.4 Å². The van der Waals surface area contributed by atoms with Crippen LogP contribution < -0.4 is 4.74 Å². The lowest BCUT2D eigenvalue weighted by Crippen LogP contribution is -2.09. The lowest BCUT2D eigenvalue weighted by Gasteiger charge is -2.08. The standard InChI is InChI=1S/C19H21FO3/c1-3-5-6-14-7-12-17(18(20)13-14)15-8-10-16(11-9-15)23-19(21)22-4-2/h7-13H,3-6H2,1-2H3. The summed E-state index contributed by atoms with van der Waals surface area (Å²) in [7, 11) is 0. The molecule has 0 atom stereocenters. The highest BCUT2D eigenvalue weighted by molar-refractivity contribution is 5.67. The van der Waals surface area contributed by atoms with E-state index in [1.165, 1.54) is 0 Å². The van der Waals surface area contributed by atoms with E-state index in [2.05, 4.69) is 6.92 Å². The first-order valence-electron chi connectivity index (χ1n) is 7.87. The Morgan fingerprint density at radius 3 is 2.43 bits per heavy atom. The zero-order valence-electron chi connectivity index (χ0n) is 13.5. The fraction of sp³-hybridized carbons (Fsp3) is 0.316. The summed E-state index contributed by atoms with van der Waals surface area (Å²) in [5.41, 5.74) is 2.28. The fourth-order valence-electron chi connectivity index (χ4n) is 2.28. The van der Waals surface area contributed by atoms with Crippen LogP contribution in [0.5, 0.6) is 5.75 Å². The molecule has 0 spiro atoms. The van der Waals surface area contributed by atoms with Crippen LogP contribution in [0.4, 0.5) is 9.18 Å². The molecule has 122 valence electrons. The summed E-state index contributed by atoms with van der Waals surface area (Å²) < 4.78 is 24.0. The molecule has 0 aromatic heterocycles. The van der Waals surface area contributed by atoms with Gasteiger partial charge in [-0.2, -0.15) is 0 Å². The van der Waals surface area contributed by atoms with E-state index in [4.69, 9.17) is 9.47 Å². The number of benzene rings is 2. The smallest absolute Gasteiger partial charge is 0.434 e. The van der Waals surface area contributed by atoms with Gasteiger partial charge in [0.1, 0.15) is 11.6 Å². The molecule has 0 aliphatic carbocycles. The maximum absolute atomic E-state index is 14.3. The number of carbonyl (C=O) groups excluding carboxylic acids is 1. The Morgan fingerprint density at radius 1 is 1.09 bits per heavy atom. The molecular formula is C19H21FO3. The van der Waals surface area contributed by atoms with Gasteiger partial charge in [0, 0.05) is 5.56 Å². The monoisotopic (exact) mass is 316 g/mol. The van der Waals surface area contributed by atoms with Gasteiger partial charge in [-0.1, -0.05) is 37.6 Å². The Labute approximate surface area is 136 Å². The molecule has 2 rings (SSSR count). The second-order valence-corrected chi connectivity index (χ2v) is 5.23. The predicted octanol–water partition coefficient (Wildman–Crippen LogP) is 5.37. The average Bonchev–Trinajstić information content (AvgIpc) is 2.54. The summed E-state index contributed by atoms with van der Waals surface area (Å²) >= 11 is 0. The Bertz CT molecular complexity index is 650. The van der Waals surface area contributed by atoms with Crippen LogP contribution in [0.15, 0.2) is 42.5 Å². The molecule has 0 radical (unpaired) electrons. The van der Waals surface area contributed by atoms with E-state index in [1.807, 2.05) is 6.07 Å². The van der Waals surface area contributed by atoms with Crippen LogP contribution in [0.3, 0.4) is 0 Å². The van der Waals surface area contributed by atoms with E-state index in [0.29, 0.717) is 11.3 Å². The van der Waals surface area contributed by atoms with Crippen molar-refractivity contribution in [2.45, 2.75) is 33.1 Å². The highest BCUT2D eigenvalue weighted by Crippen LogP contribution is 2.26. The van der Waals surface area contributed by atoms with Crippen molar-refractivity contribution in [3.8, 4) is 16.9 Å². The third-order valence-electron chi connectivity index (χ3n) is 3.48. The molecule has 0 aliphatic heterocycles. The lowest BCUT2D eigenvalue weighted by atomic mass is 10.0. The summed E-state index contributed by atoms with van der Waals surface area (Å²) in [5, 5.41) is 0. The number of halogens is 1.